The van der Waals surface area contributed by atoms with Crippen LogP contribution in [0.4, 0.5) is 5.69 Å². The number of amides is 1. The third kappa shape index (κ3) is 3.58. The summed E-state index contributed by atoms with van der Waals surface area (Å²) in [6.45, 7) is 7.39. The number of piperidine rings is 1. The molecule has 1 aliphatic heterocycles. The molecule has 0 radical (unpaired) electrons. The quantitative estimate of drug-likeness (QED) is 0.889. The lowest BCUT2D eigenvalue weighted by Crippen LogP contribution is -2.48. The molecular weight excluding hydrogens is 252 g/mol. The number of aliphatic hydroxyl groups is 1. The molecule has 20 heavy (non-hydrogen) atoms. The van der Waals surface area contributed by atoms with Gasteiger partial charge in [-0.2, -0.15) is 0 Å². The monoisotopic (exact) mass is 276 g/mol. The van der Waals surface area contributed by atoms with E-state index in [9.17, 15) is 9.90 Å². The molecule has 0 aromatic heterocycles. The molecule has 1 fully saturated rings. The van der Waals surface area contributed by atoms with Crippen LogP contribution >= 0.6 is 0 Å². The van der Waals surface area contributed by atoms with E-state index in [1.807, 2.05) is 37.8 Å². The molecule has 2 atom stereocenters. The molecule has 2 rings (SSSR count). The predicted molar refractivity (Wildman–Crippen MR) is 80.8 cm³/mol. The maximum atomic E-state index is 12.3. The highest BCUT2D eigenvalue weighted by Gasteiger charge is 2.26. The molecule has 1 amide bonds. The second-order valence-corrected chi connectivity index (χ2v) is 5.77. The number of rotatable bonds is 3. The maximum absolute atomic E-state index is 12.3. The smallest absolute Gasteiger partial charge is 0.241 e. The number of carbonyl (C=O) groups is 1. The van der Waals surface area contributed by atoms with E-state index in [2.05, 4.69) is 11.4 Å². The molecule has 1 aromatic carbocycles. The standard InChI is InChI=1S/C16H24N2O2/c1-11-6-7-15(12(2)9-11)17-16(20)13(3)18-8-4-5-14(19)10-18/h6-7,9,13-14,19H,4-5,8,10H2,1-3H3,(H,17,20). The Morgan fingerprint density at radius 2 is 2.20 bits per heavy atom. The van der Waals surface area contributed by atoms with Crippen LogP contribution in [-0.2, 0) is 4.79 Å². The Labute approximate surface area is 120 Å². The van der Waals surface area contributed by atoms with Crippen molar-refractivity contribution >= 4 is 11.6 Å². The summed E-state index contributed by atoms with van der Waals surface area (Å²) in [6.07, 6.45) is 1.48. The third-order valence-corrected chi connectivity index (χ3v) is 3.99. The fraction of sp³-hybridized carbons (Fsp3) is 0.562. The molecule has 2 N–H and O–H groups in total. The van der Waals surface area contributed by atoms with Crippen molar-refractivity contribution in [1.82, 2.24) is 4.90 Å². The van der Waals surface area contributed by atoms with Crippen molar-refractivity contribution < 1.29 is 9.90 Å². The lowest BCUT2D eigenvalue weighted by molar-refractivity contribution is -0.121. The van der Waals surface area contributed by atoms with Gasteiger partial charge in [0.25, 0.3) is 0 Å². The average molecular weight is 276 g/mol. The molecule has 1 saturated heterocycles. The molecule has 4 heteroatoms. The lowest BCUT2D eigenvalue weighted by atomic mass is 10.1. The summed E-state index contributed by atoms with van der Waals surface area (Å²) in [4.78, 5) is 14.4. The number of carbonyl (C=O) groups excluding carboxylic acids is 1. The van der Waals surface area contributed by atoms with Crippen LogP contribution in [0.1, 0.15) is 30.9 Å². The number of benzene rings is 1. The number of hydrogen-bond donors (Lipinski definition) is 2. The first-order valence-electron chi connectivity index (χ1n) is 7.27. The molecule has 1 aromatic rings. The van der Waals surface area contributed by atoms with Gasteiger partial charge in [0, 0.05) is 12.2 Å². The van der Waals surface area contributed by atoms with E-state index in [1.165, 1.54) is 5.56 Å². The van der Waals surface area contributed by atoms with E-state index >= 15 is 0 Å². The molecule has 2 unspecified atom stereocenters. The molecule has 0 bridgehead atoms. The van der Waals surface area contributed by atoms with E-state index < -0.39 is 0 Å². The molecule has 0 spiro atoms. The highest BCUT2D eigenvalue weighted by atomic mass is 16.3. The van der Waals surface area contributed by atoms with E-state index in [4.69, 9.17) is 0 Å². The summed E-state index contributed by atoms with van der Waals surface area (Å²) in [7, 11) is 0. The number of nitrogens with zero attached hydrogens (tertiary/aromatic N) is 1. The Morgan fingerprint density at radius 3 is 2.85 bits per heavy atom. The SMILES string of the molecule is Cc1ccc(NC(=O)C(C)N2CCCC(O)C2)c(C)c1. The van der Waals surface area contributed by atoms with E-state index in [0.29, 0.717) is 6.54 Å². The van der Waals surface area contributed by atoms with Gasteiger partial charge in [-0.05, 0) is 51.8 Å². The van der Waals surface area contributed by atoms with Crippen molar-refractivity contribution in [1.29, 1.82) is 0 Å². The van der Waals surface area contributed by atoms with Gasteiger partial charge in [-0.15, -0.1) is 0 Å². The highest BCUT2D eigenvalue weighted by molar-refractivity contribution is 5.95. The highest BCUT2D eigenvalue weighted by Crippen LogP contribution is 2.18. The Bertz CT molecular complexity index is 487. The summed E-state index contributed by atoms with van der Waals surface area (Å²) >= 11 is 0. The number of nitrogens with one attached hydrogen (secondary N) is 1. The first-order chi connectivity index (χ1) is 9.47. The van der Waals surface area contributed by atoms with Gasteiger partial charge in [-0.3, -0.25) is 9.69 Å². The Balaban J connectivity index is 2.00. The van der Waals surface area contributed by atoms with Gasteiger partial charge in [0.2, 0.25) is 5.91 Å². The van der Waals surface area contributed by atoms with Gasteiger partial charge in [0.05, 0.1) is 12.1 Å². The number of β-amino-alcohol motifs (C(OH)–C–C–N with tert-alkyl or cyclic N) is 1. The number of hydrogen-bond acceptors (Lipinski definition) is 3. The lowest BCUT2D eigenvalue weighted by Gasteiger charge is -2.34. The van der Waals surface area contributed by atoms with Crippen molar-refractivity contribution in [2.45, 2.75) is 45.8 Å². The third-order valence-electron chi connectivity index (χ3n) is 3.99. The summed E-state index contributed by atoms with van der Waals surface area (Å²) < 4.78 is 0. The molecule has 1 heterocycles. The molecule has 1 aliphatic rings. The van der Waals surface area contributed by atoms with Crippen LogP contribution in [0.15, 0.2) is 18.2 Å². The number of aryl methyl sites for hydroxylation is 2. The predicted octanol–water partition coefficient (Wildman–Crippen LogP) is 2.09. The van der Waals surface area contributed by atoms with Crippen molar-refractivity contribution in [3.05, 3.63) is 29.3 Å². The summed E-state index contributed by atoms with van der Waals surface area (Å²) in [5.74, 6) is -0.00828. The van der Waals surface area contributed by atoms with Crippen LogP contribution in [0.25, 0.3) is 0 Å². The van der Waals surface area contributed by atoms with Gasteiger partial charge >= 0.3 is 0 Å². The number of likely N-dealkylation sites (tertiary alicyclic amines) is 1. The Morgan fingerprint density at radius 1 is 1.45 bits per heavy atom. The zero-order chi connectivity index (χ0) is 14.7. The van der Waals surface area contributed by atoms with Gasteiger partial charge in [-0.25, -0.2) is 0 Å². The molecule has 0 aliphatic carbocycles. The second kappa shape index (κ2) is 6.37. The fourth-order valence-corrected chi connectivity index (χ4v) is 2.69. The van der Waals surface area contributed by atoms with Gasteiger partial charge in [0.1, 0.15) is 0 Å². The minimum absolute atomic E-state index is 0.00828. The van der Waals surface area contributed by atoms with Crippen molar-refractivity contribution in [2.24, 2.45) is 0 Å². The van der Waals surface area contributed by atoms with Crippen molar-refractivity contribution in [3.63, 3.8) is 0 Å². The van der Waals surface area contributed by atoms with Gasteiger partial charge in [0.15, 0.2) is 0 Å². The normalized spacial score (nSPS) is 21.5. The minimum Gasteiger partial charge on any atom is -0.392 e. The first-order valence-corrected chi connectivity index (χ1v) is 7.27. The minimum atomic E-state index is -0.305. The maximum Gasteiger partial charge on any atom is 0.241 e. The summed E-state index contributed by atoms with van der Waals surface area (Å²) in [5, 5.41) is 12.7. The van der Waals surface area contributed by atoms with E-state index in [-0.39, 0.29) is 18.1 Å². The summed E-state index contributed by atoms with van der Waals surface area (Å²) in [6, 6.07) is 5.79. The van der Waals surface area contributed by atoms with Crippen LogP contribution in [0.2, 0.25) is 0 Å². The molecule has 110 valence electrons. The number of anilines is 1. The second-order valence-electron chi connectivity index (χ2n) is 5.77. The number of aliphatic hydroxyl groups excluding tert-OH is 1. The van der Waals surface area contributed by atoms with Crippen LogP contribution in [0.5, 0.6) is 0 Å². The van der Waals surface area contributed by atoms with Crippen LogP contribution in [0, 0.1) is 13.8 Å². The topological polar surface area (TPSA) is 52.6 Å². The Kier molecular flexibility index (Phi) is 4.78. The van der Waals surface area contributed by atoms with Gasteiger partial charge in [-0.1, -0.05) is 17.7 Å². The van der Waals surface area contributed by atoms with Crippen molar-refractivity contribution in [3.8, 4) is 0 Å². The zero-order valence-corrected chi connectivity index (χ0v) is 12.5. The Hall–Kier alpha value is -1.39. The fourth-order valence-electron chi connectivity index (χ4n) is 2.69. The van der Waals surface area contributed by atoms with E-state index in [1.54, 1.807) is 0 Å². The average Bonchev–Trinajstić information content (AvgIpc) is 2.41. The van der Waals surface area contributed by atoms with Crippen LogP contribution in [0.3, 0.4) is 0 Å². The molecule has 0 saturated carbocycles. The van der Waals surface area contributed by atoms with E-state index in [0.717, 1.165) is 30.6 Å². The van der Waals surface area contributed by atoms with Gasteiger partial charge < -0.3 is 10.4 Å². The zero-order valence-electron chi connectivity index (χ0n) is 12.5. The first kappa shape index (κ1) is 15.0. The molecular formula is C16H24N2O2. The van der Waals surface area contributed by atoms with Crippen LogP contribution in [-0.4, -0.2) is 41.1 Å². The van der Waals surface area contributed by atoms with Crippen LogP contribution < -0.4 is 5.32 Å². The van der Waals surface area contributed by atoms with Crippen molar-refractivity contribution in [2.75, 3.05) is 18.4 Å². The summed E-state index contributed by atoms with van der Waals surface area (Å²) in [5.41, 5.74) is 3.13. The molecule has 4 nitrogen and oxygen atoms in total. The largest absolute Gasteiger partial charge is 0.392 e.